The van der Waals surface area contributed by atoms with Gasteiger partial charge in [0.05, 0.1) is 17.2 Å². The number of pyridine rings is 2. The standard InChI is InChI=1S/C26H23F2N5O3S/c1-4-37(35,36)21-11-17(16-5-7-18(8-6-16)26(15-29)9-10-26)14-33(34)22(21)24-31-20-12-19(25(2,27)28)13-30-23(20)32(24)3/h5-8,11-14H,4,9-10H2,1-3H3. The number of rotatable bonds is 6. The summed E-state index contributed by atoms with van der Waals surface area (Å²) in [5, 5.41) is 22.8. The zero-order valence-corrected chi connectivity index (χ0v) is 21.2. The van der Waals surface area contributed by atoms with E-state index in [0.717, 1.165) is 31.5 Å². The van der Waals surface area contributed by atoms with Crippen LogP contribution in [0.5, 0.6) is 0 Å². The first kappa shape index (κ1) is 24.8. The summed E-state index contributed by atoms with van der Waals surface area (Å²) in [6.07, 6.45) is 3.88. The monoisotopic (exact) mass is 523 g/mol. The summed E-state index contributed by atoms with van der Waals surface area (Å²) >= 11 is 0. The van der Waals surface area contributed by atoms with E-state index in [1.165, 1.54) is 29.8 Å². The molecule has 1 aliphatic carbocycles. The summed E-state index contributed by atoms with van der Waals surface area (Å²) in [7, 11) is -2.36. The second-order valence-corrected chi connectivity index (χ2v) is 11.6. The van der Waals surface area contributed by atoms with Crippen molar-refractivity contribution in [2.24, 2.45) is 7.05 Å². The highest BCUT2D eigenvalue weighted by molar-refractivity contribution is 7.91. The van der Waals surface area contributed by atoms with Crippen LogP contribution in [0.4, 0.5) is 8.78 Å². The van der Waals surface area contributed by atoms with Gasteiger partial charge in [0.1, 0.15) is 10.4 Å². The highest BCUT2D eigenvalue weighted by Crippen LogP contribution is 2.47. The largest absolute Gasteiger partial charge is 0.618 e. The molecule has 0 unspecified atom stereocenters. The maximum Gasteiger partial charge on any atom is 0.278 e. The number of benzene rings is 1. The molecule has 0 N–H and O–H groups in total. The van der Waals surface area contributed by atoms with Gasteiger partial charge in [-0.3, -0.25) is 0 Å². The second kappa shape index (κ2) is 8.31. The molecule has 1 saturated carbocycles. The minimum Gasteiger partial charge on any atom is -0.618 e. The van der Waals surface area contributed by atoms with E-state index in [9.17, 15) is 27.7 Å². The molecule has 3 heterocycles. The molecule has 0 aliphatic heterocycles. The number of sulfone groups is 1. The number of aromatic nitrogens is 4. The van der Waals surface area contributed by atoms with Crippen molar-refractivity contribution < 1.29 is 21.9 Å². The van der Waals surface area contributed by atoms with Crippen LogP contribution in [0.2, 0.25) is 0 Å². The Morgan fingerprint density at radius 1 is 1.22 bits per heavy atom. The number of nitrogens with zero attached hydrogens (tertiary/aromatic N) is 5. The van der Waals surface area contributed by atoms with Crippen molar-refractivity contribution in [3.63, 3.8) is 0 Å². The molecule has 8 nitrogen and oxygen atoms in total. The first-order valence-corrected chi connectivity index (χ1v) is 13.3. The summed E-state index contributed by atoms with van der Waals surface area (Å²) in [4.78, 5) is 8.19. The first-order valence-electron chi connectivity index (χ1n) is 11.6. The maximum atomic E-state index is 13.8. The van der Waals surface area contributed by atoms with Gasteiger partial charge >= 0.3 is 0 Å². The van der Waals surface area contributed by atoms with Crippen molar-refractivity contribution in [3.8, 4) is 28.7 Å². The maximum absolute atomic E-state index is 13.8. The highest BCUT2D eigenvalue weighted by Gasteiger charge is 2.44. The Balaban J connectivity index is 1.68. The van der Waals surface area contributed by atoms with Gasteiger partial charge in [-0.2, -0.15) is 9.99 Å². The lowest BCUT2D eigenvalue weighted by Gasteiger charge is -2.13. The van der Waals surface area contributed by atoms with Crippen molar-refractivity contribution >= 4 is 21.0 Å². The van der Waals surface area contributed by atoms with Crippen LogP contribution in [0.15, 0.2) is 53.7 Å². The summed E-state index contributed by atoms with van der Waals surface area (Å²) < 4.78 is 55.8. The number of nitriles is 1. The van der Waals surface area contributed by atoms with Gasteiger partial charge in [-0.1, -0.05) is 31.2 Å². The number of hydrogen-bond donors (Lipinski definition) is 0. The van der Waals surface area contributed by atoms with Crippen molar-refractivity contribution in [2.75, 3.05) is 5.75 Å². The van der Waals surface area contributed by atoms with Crippen LogP contribution in [0.1, 0.15) is 37.8 Å². The average molecular weight is 524 g/mol. The van der Waals surface area contributed by atoms with Crippen LogP contribution in [-0.2, 0) is 28.2 Å². The van der Waals surface area contributed by atoms with Crippen LogP contribution in [-0.4, -0.2) is 28.7 Å². The zero-order chi connectivity index (χ0) is 26.8. The molecular weight excluding hydrogens is 500 g/mol. The lowest BCUT2D eigenvalue weighted by atomic mass is 9.95. The third kappa shape index (κ3) is 4.11. The fourth-order valence-electron chi connectivity index (χ4n) is 4.41. The molecule has 1 fully saturated rings. The fraction of sp³-hybridized carbons (Fsp3) is 0.308. The van der Waals surface area contributed by atoms with Crippen LogP contribution < -0.4 is 4.73 Å². The Hall–Kier alpha value is -3.91. The van der Waals surface area contributed by atoms with Gasteiger partial charge in [0, 0.05) is 31.3 Å². The summed E-state index contributed by atoms with van der Waals surface area (Å²) in [5.41, 5.74) is 1.20. The number of alkyl halides is 2. The van der Waals surface area contributed by atoms with Crippen LogP contribution in [0.25, 0.3) is 33.8 Å². The SMILES string of the molecule is CCS(=O)(=O)c1cc(-c2ccc(C3(C#N)CC3)cc2)c[n+]([O-])c1-c1nc2cc(C(C)(F)F)cnc2n1C. The number of halogens is 2. The van der Waals surface area contributed by atoms with E-state index >= 15 is 0 Å². The molecule has 0 atom stereocenters. The molecule has 0 saturated heterocycles. The molecule has 3 aromatic heterocycles. The van der Waals surface area contributed by atoms with Gasteiger partial charge in [0.2, 0.25) is 5.82 Å². The van der Waals surface area contributed by atoms with Crippen molar-refractivity contribution in [1.29, 1.82) is 5.26 Å². The third-order valence-electron chi connectivity index (χ3n) is 6.87. The molecule has 0 spiro atoms. The molecule has 0 bridgehead atoms. The zero-order valence-electron chi connectivity index (χ0n) is 20.4. The van der Waals surface area contributed by atoms with Crippen LogP contribution in [0.3, 0.4) is 0 Å². The molecule has 11 heteroatoms. The topological polar surface area (TPSA) is 116 Å². The van der Waals surface area contributed by atoms with E-state index in [0.29, 0.717) is 15.9 Å². The highest BCUT2D eigenvalue weighted by atomic mass is 32.2. The van der Waals surface area contributed by atoms with E-state index in [1.807, 2.05) is 12.1 Å². The molecule has 1 aliphatic rings. The van der Waals surface area contributed by atoms with Crippen LogP contribution >= 0.6 is 0 Å². The van der Waals surface area contributed by atoms with E-state index in [1.54, 1.807) is 19.2 Å². The molecule has 0 amide bonds. The van der Waals surface area contributed by atoms with Gasteiger partial charge in [-0.15, -0.1) is 0 Å². The quantitative estimate of drug-likeness (QED) is 0.273. The lowest BCUT2D eigenvalue weighted by Crippen LogP contribution is -2.32. The molecule has 4 aromatic rings. The predicted octanol–water partition coefficient (Wildman–Crippen LogP) is 4.40. The Kier molecular flexibility index (Phi) is 5.56. The summed E-state index contributed by atoms with van der Waals surface area (Å²) in [6.45, 7) is 2.21. The van der Waals surface area contributed by atoms with Gasteiger partial charge in [0.15, 0.2) is 21.7 Å². The minimum absolute atomic E-state index is 0.00677. The smallest absolute Gasteiger partial charge is 0.278 e. The second-order valence-electron chi connectivity index (χ2n) is 9.39. The number of imidazole rings is 1. The van der Waals surface area contributed by atoms with E-state index in [4.69, 9.17) is 0 Å². The van der Waals surface area contributed by atoms with Crippen molar-refractivity contribution in [2.45, 2.75) is 42.9 Å². The van der Waals surface area contributed by atoms with Crippen LogP contribution in [0, 0.1) is 16.5 Å². The first-order chi connectivity index (χ1) is 17.4. The molecule has 0 radical (unpaired) electrons. The number of fused-ring (bicyclic) bond motifs is 1. The van der Waals surface area contributed by atoms with E-state index in [2.05, 4.69) is 16.0 Å². The molecule has 37 heavy (non-hydrogen) atoms. The minimum atomic E-state index is -3.90. The van der Waals surface area contributed by atoms with Gasteiger partial charge in [-0.25, -0.2) is 27.2 Å². The third-order valence-corrected chi connectivity index (χ3v) is 8.62. The number of hydrogen-bond acceptors (Lipinski definition) is 6. The van der Waals surface area contributed by atoms with E-state index < -0.39 is 21.2 Å². The van der Waals surface area contributed by atoms with Crippen molar-refractivity contribution in [1.82, 2.24) is 14.5 Å². The Morgan fingerprint density at radius 3 is 2.46 bits per heavy atom. The molecule has 190 valence electrons. The van der Waals surface area contributed by atoms with E-state index in [-0.39, 0.29) is 38.9 Å². The Bertz CT molecular complexity index is 1700. The molecule has 5 rings (SSSR count). The Labute approximate surface area is 212 Å². The lowest BCUT2D eigenvalue weighted by molar-refractivity contribution is -0.595. The molecular formula is C26H23F2N5O3S. The Morgan fingerprint density at radius 2 is 1.89 bits per heavy atom. The average Bonchev–Trinajstić information content (AvgIpc) is 3.61. The predicted molar refractivity (Wildman–Crippen MR) is 132 cm³/mol. The number of aryl methyl sites for hydroxylation is 1. The molecule has 1 aromatic carbocycles. The van der Waals surface area contributed by atoms with Gasteiger partial charge in [0.25, 0.3) is 11.6 Å². The van der Waals surface area contributed by atoms with Gasteiger partial charge < -0.3 is 9.77 Å². The van der Waals surface area contributed by atoms with Gasteiger partial charge in [-0.05, 0) is 36.1 Å². The summed E-state index contributed by atoms with van der Waals surface area (Å²) in [6, 6.07) is 12.1. The fourth-order valence-corrected chi connectivity index (χ4v) is 5.50. The normalized spacial score (nSPS) is 15.0. The summed E-state index contributed by atoms with van der Waals surface area (Å²) in [5.74, 6) is -3.41. The van der Waals surface area contributed by atoms with Crippen molar-refractivity contribution in [3.05, 3.63) is 65.1 Å².